The minimum absolute atomic E-state index is 0.924. The molecular weight excluding hydrogens is 677 g/mol. The number of hydrogen-bond acceptors (Lipinski definition) is 0. The highest BCUT2D eigenvalue weighted by atomic mass is 15.2. The van der Waals surface area contributed by atoms with Crippen LogP contribution in [0.15, 0.2) is 84.5 Å². The highest BCUT2D eigenvalue weighted by Gasteiger charge is 2.30. The smallest absolute Gasteiger partial charge is 0.211 e. The molecule has 1 heterocycles. The van der Waals surface area contributed by atoms with Gasteiger partial charge in [-0.15, -0.1) is 0 Å². The van der Waals surface area contributed by atoms with E-state index in [4.69, 9.17) is 0 Å². The van der Waals surface area contributed by atoms with E-state index in [1.54, 1.807) is 0 Å². The number of hydrogen-bond donors (Lipinski definition) is 0. The summed E-state index contributed by atoms with van der Waals surface area (Å²) in [5.41, 5.74) is 20.1. The summed E-state index contributed by atoms with van der Waals surface area (Å²) in [5.74, 6) is 0. The van der Waals surface area contributed by atoms with E-state index in [1.807, 2.05) is 0 Å². The van der Waals surface area contributed by atoms with Crippen LogP contribution in [0.4, 0.5) is 0 Å². The molecule has 0 fully saturated rings. The fourth-order valence-corrected chi connectivity index (χ4v) is 8.35. The number of nitrogens with zero attached hydrogens (tertiary/aromatic N) is 2. The molecule has 0 unspecified atom stereocenters. The molecule has 3 rings (SSSR count). The van der Waals surface area contributed by atoms with E-state index in [-0.39, 0.29) is 0 Å². The first-order valence-electron chi connectivity index (χ1n) is 24.1. The third-order valence-corrected chi connectivity index (χ3v) is 11.9. The summed E-state index contributed by atoms with van der Waals surface area (Å²) in [7, 11) is 0. The highest BCUT2D eigenvalue weighted by Crippen LogP contribution is 2.39. The van der Waals surface area contributed by atoms with Crippen molar-refractivity contribution in [2.75, 3.05) is 0 Å². The molecule has 0 aromatic heterocycles. The van der Waals surface area contributed by atoms with Crippen molar-refractivity contribution in [1.82, 2.24) is 0 Å². The van der Waals surface area contributed by atoms with E-state index >= 15 is 0 Å². The topological polar surface area (TPSA) is 25.3 Å². The van der Waals surface area contributed by atoms with Crippen molar-refractivity contribution in [3.8, 4) is 0 Å². The molecule has 0 N–H and O–H groups in total. The summed E-state index contributed by atoms with van der Waals surface area (Å²) >= 11 is 0. The number of unbranched alkanes of at least 4 members (excludes halogenated alkanes) is 23. The Morgan fingerprint density at radius 1 is 0.411 bits per heavy atom. The predicted octanol–water partition coefficient (Wildman–Crippen LogP) is 18.1. The zero-order valence-electron chi connectivity index (χ0n) is 36.8. The number of rotatable bonds is 35. The molecule has 310 valence electrons. The molecule has 2 nitrogen and oxygen atoms in total. The van der Waals surface area contributed by atoms with Gasteiger partial charge in [0.25, 0.3) is 0 Å². The van der Waals surface area contributed by atoms with E-state index in [0.29, 0.717) is 0 Å². The van der Waals surface area contributed by atoms with Crippen LogP contribution in [0.1, 0.15) is 229 Å². The summed E-state index contributed by atoms with van der Waals surface area (Å²) in [6, 6.07) is 17.5. The molecule has 56 heavy (non-hydrogen) atoms. The number of aryl methyl sites for hydroxylation is 2. The fourth-order valence-electron chi connectivity index (χ4n) is 8.35. The predicted molar refractivity (Wildman–Crippen MR) is 248 cm³/mol. The lowest BCUT2D eigenvalue weighted by molar-refractivity contribution is -0.344. The lowest BCUT2D eigenvalue weighted by atomic mass is 9.96. The molecule has 0 saturated carbocycles. The van der Waals surface area contributed by atoms with Crippen LogP contribution in [0.3, 0.4) is 0 Å². The number of benzene rings is 2. The molecule has 0 aliphatic carbocycles. The minimum atomic E-state index is 0.924. The fraction of sp³-hybridized carbons (Fsp3) is 0.630. The monoisotopic (exact) mass is 761 g/mol. The Morgan fingerprint density at radius 3 is 1.25 bits per heavy atom. The third-order valence-electron chi connectivity index (χ3n) is 11.9. The van der Waals surface area contributed by atoms with Gasteiger partial charge in [0.05, 0.1) is 0 Å². The third kappa shape index (κ3) is 19.4. The Bertz CT molecular complexity index is 1440. The van der Waals surface area contributed by atoms with Crippen molar-refractivity contribution in [3.05, 3.63) is 112 Å². The van der Waals surface area contributed by atoms with Crippen LogP contribution >= 0.6 is 0 Å². The highest BCUT2D eigenvalue weighted by molar-refractivity contribution is 5.80. The van der Waals surface area contributed by atoms with Crippen molar-refractivity contribution in [2.24, 2.45) is 0 Å². The molecule has 2 aromatic rings. The maximum Gasteiger partial charge on any atom is 0.211 e. The van der Waals surface area contributed by atoms with Gasteiger partial charge in [-0.3, -0.25) is 0 Å². The first-order valence-corrected chi connectivity index (χ1v) is 24.1. The minimum Gasteiger partial charge on any atom is -0.493 e. The molecule has 1 aliphatic rings. The van der Waals surface area contributed by atoms with E-state index in [9.17, 15) is 5.53 Å². The van der Waals surface area contributed by atoms with Gasteiger partial charge < -0.3 is 5.53 Å². The van der Waals surface area contributed by atoms with Crippen LogP contribution in [0.2, 0.25) is 0 Å². The van der Waals surface area contributed by atoms with Gasteiger partial charge in [-0.1, -0.05) is 216 Å². The first kappa shape index (κ1) is 47.4. The van der Waals surface area contributed by atoms with Gasteiger partial charge in [-0.25, -0.2) is 4.70 Å². The standard InChI is InChI=1S/C54H84N2/c1-4-7-10-12-14-16-18-20-22-24-26-28-30-32-34-41-48-43-36-38-45-51(48)53-47-50(40-9-6-3)54(56(53)55)52-46-39-37-44-49(52)42-35-33-31-29-27-25-23-21-19-17-15-13-11-8-5-2/h30-33,36-39,43-47H,4-29,34-35,40-42H2,1-3H3. The first-order chi connectivity index (χ1) is 27.7. The van der Waals surface area contributed by atoms with Crippen LogP contribution in [0.5, 0.6) is 0 Å². The van der Waals surface area contributed by atoms with Crippen LogP contribution in [-0.4, -0.2) is 4.70 Å². The van der Waals surface area contributed by atoms with E-state index in [1.165, 1.54) is 181 Å². The maximum absolute atomic E-state index is 12.0. The van der Waals surface area contributed by atoms with Crippen LogP contribution in [-0.2, 0) is 12.8 Å². The van der Waals surface area contributed by atoms with Crippen LogP contribution < -0.4 is 0 Å². The quantitative estimate of drug-likeness (QED) is 0.0380. The van der Waals surface area contributed by atoms with Gasteiger partial charge in [0, 0.05) is 22.8 Å². The van der Waals surface area contributed by atoms with Crippen molar-refractivity contribution in [1.29, 1.82) is 0 Å². The zero-order valence-corrected chi connectivity index (χ0v) is 36.8. The Kier molecular flexibility index (Phi) is 27.1. The normalized spacial score (nSPS) is 13.3. The molecule has 0 bridgehead atoms. The lowest BCUT2D eigenvalue weighted by Crippen LogP contribution is -2.06. The second-order valence-corrected chi connectivity index (χ2v) is 16.8. The molecule has 2 heteroatoms. The Labute approximate surface area is 346 Å². The van der Waals surface area contributed by atoms with Gasteiger partial charge in [0.2, 0.25) is 11.4 Å². The summed E-state index contributed by atoms with van der Waals surface area (Å²) in [4.78, 5) is 0. The zero-order chi connectivity index (χ0) is 39.7. The second-order valence-electron chi connectivity index (χ2n) is 16.8. The van der Waals surface area contributed by atoms with Gasteiger partial charge in [-0.05, 0) is 87.5 Å². The molecule has 0 radical (unpaired) electrons. The molecule has 1 aliphatic heterocycles. The van der Waals surface area contributed by atoms with Crippen molar-refractivity contribution >= 4 is 11.4 Å². The van der Waals surface area contributed by atoms with Crippen molar-refractivity contribution < 1.29 is 4.70 Å². The molecule has 2 aromatic carbocycles. The van der Waals surface area contributed by atoms with Gasteiger partial charge >= 0.3 is 0 Å². The molecule has 0 spiro atoms. The molecule has 0 saturated heterocycles. The van der Waals surface area contributed by atoms with Gasteiger partial charge in [0.15, 0.2) is 0 Å². The Morgan fingerprint density at radius 2 is 0.786 bits per heavy atom. The van der Waals surface area contributed by atoms with Gasteiger partial charge in [-0.2, -0.15) is 0 Å². The molecule has 0 atom stereocenters. The summed E-state index contributed by atoms with van der Waals surface area (Å²) < 4.78 is 1.52. The Hall–Kier alpha value is -3.00. The summed E-state index contributed by atoms with van der Waals surface area (Å²) in [6.45, 7) is 6.85. The SMILES string of the molecule is CCCCCCCCCCCCCC=CCCc1ccccc1C1=CC(CCCC)=C(c2ccccc2CCC=CCCCCCCCCCCCCC)[N+]1=[N-]. The average Bonchev–Trinajstić information content (AvgIpc) is 3.55. The van der Waals surface area contributed by atoms with Crippen molar-refractivity contribution in [2.45, 2.75) is 220 Å². The van der Waals surface area contributed by atoms with Crippen LogP contribution in [0, 0.1) is 0 Å². The number of allylic oxidation sites excluding steroid dienone is 6. The summed E-state index contributed by atoms with van der Waals surface area (Å²) in [6.07, 6.45) is 52.2. The second kappa shape index (κ2) is 32.0. The van der Waals surface area contributed by atoms with Gasteiger partial charge in [0.1, 0.15) is 0 Å². The lowest BCUT2D eigenvalue weighted by Gasteiger charge is -2.14. The average molecular weight is 761 g/mol. The van der Waals surface area contributed by atoms with E-state index in [2.05, 4.69) is 99.7 Å². The van der Waals surface area contributed by atoms with Crippen LogP contribution in [0.25, 0.3) is 16.9 Å². The maximum atomic E-state index is 12.0. The van der Waals surface area contributed by atoms with E-state index < -0.39 is 0 Å². The summed E-state index contributed by atoms with van der Waals surface area (Å²) in [5, 5.41) is 0. The Balaban J connectivity index is 1.46. The largest absolute Gasteiger partial charge is 0.493 e. The van der Waals surface area contributed by atoms with E-state index in [0.717, 1.165) is 61.9 Å². The molecule has 0 amide bonds. The molecular formula is C54H84N2. The van der Waals surface area contributed by atoms with Crippen molar-refractivity contribution in [3.63, 3.8) is 0 Å².